The molecule has 1 aliphatic carbocycles. The molecule has 0 radical (unpaired) electrons. The Morgan fingerprint density at radius 1 is 1.38 bits per heavy atom. The van der Waals surface area contributed by atoms with Crippen LogP contribution in [0, 0.1) is 5.92 Å². The molecule has 0 bridgehead atoms. The molecule has 2 rings (SSSR count). The fourth-order valence-corrected chi connectivity index (χ4v) is 2.67. The van der Waals surface area contributed by atoms with Crippen molar-refractivity contribution in [2.45, 2.75) is 38.6 Å². The van der Waals surface area contributed by atoms with Gasteiger partial charge in [-0.15, -0.1) is 0 Å². The van der Waals surface area contributed by atoms with Crippen molar-refractivity contribution >= 4 is 15.9 Å². The molecular formula is C14H20BrN. The van der Waals surface area contributed by atoms with Gasteiger partial charge in [0, 0.05) is 22.5 Å². The van der Waals surface area contributed by atoms with E-state index in [4.69, 9.17) is 0 Å². The highest BCUT2D eigenvalue weighted by Gasteiger charge is 2.51. The largest absolute Gasteiger partial charge is 0.314 e. The molecule has 0 aromatic heterocycles. The van der Waals surface area contributed by atoms with Crippen LogP contribution in [0.25, 0.3) is 0 Å². The third-order valence-electron chi connectivity index (χ3n) is 3.70. The van der Waals surface area contributed by atoms with Gasteiger partial charge in [-0.2, -0.15) is 0 Å². The van der Waals surface area contributed by atoms with E-state index in [0.717, 1.165) is 16.9 Å². The van der Waals surface area contributed by atoms with Gasteiger partial charge in [-0.3, -0.25) is 0 Å². The van der Waals surface area contributed by atoms with Gasteiger partial charge >= 0.3 is 0 Å². The molecule has 1 aromatic rings. The normalized spacial score (nSPS) is 28.4. The van der Waals surface area contributed by atoms with E-state index >= 15 is 0 Å². The van der Waals surface area contributed by atoms with Gasteiger partial charge in [-0.1, -0.05) is 48.8 Å². The van der Waals surface area contributed by atoms with E-state index in [2.05, 4.69) is 66.3 Å². The molecule has 0 saturated heterocycles. The predicted molar refractivity (Wildman–Crippen MR) is 72.7 cm³/mol. The standard InChI is InChI=1S/C14H20BrN/c1-10(2)16-9-14(8-11(14)3)12-4-6-13(15)7-5-12/h4-7,10-11,16H,8-9H2,1-3H3. The van der Waals surface area contributed by atoms with Crippen LogP contribution in [-0.4, -0.2) is 12.6 Å². The summed E-state index contributed by atoms with van der Waals surface area (Å²) in [6.07, 6.45) is 1.31. The lowest BCUT2D eigenvalue weighted by atomic mass is 9.93. The summed E-state index contributed by atoms with van der Waals surface area (Å²) in [6.45, 7) is 7.88. The molecule has 88 valence electrons. The highest BCUT2D eigenvalue weighted by atomic mass is 79.9. The maximum absolute atomic E-state index is 3.58. The molecule has 1 fully saturated rings. The average molecular weight is 282 g/mol. The van der Waals surface area contributed by atoms with Gasteiger partial charge in [0.1, 0.15) is 0 Å². The van der Waals surface area contributed by atoms with E-state index < -0.39 is 0 Å². The Morgan fingerprint density at radius 3 is 2.38 bits per heavy atom. The fourth-order valence-electron chi connectivity index (χ4n) is 2.41. The van der Waals surface area contributed by atoms with Gasteiger partial charge in [0.05, 0.1) is 0 Å². The van der Waals surface area contributed by atoms with E-state index in [-0.39, 0.29) is 0 Å². The Hall–Kier alpha value is -0.340. The fraction of sp³-hybridized carbons (Fsp3) is 0.571. The number of rotatable bonds is 4. The molecule has 1 aliphatic rings. The van der Waals surface area contributed by atoms with Crippen molar-refractivity contribution in [3.05, 3.63) is 34.3 Å². The number of hydrogen-bond donors (Lipinski definition) is 1. The lowest BCUT2D eigenvalue weighted by Gasteiger charge is -2.20. The van der Waals surface area contributed by atoms with Crippen LogP contribution in [0.1, 0.15) is 32.8 Å². The molecule has 2 unspecified atom stereocenters. The van der Waals surface area contributed by atoms with Crippen LogP contribution in [0.4, 0.5) is 0 Å². The molecule has 1 saturated carbocycles. The summed E-state index contributed by atoms with van der Waals surface area (Å²) in [4.78, 5) is 0. The third kappa shape index (κ3) is 2.33. The maximum Gasteiger partial charge on any atom is 0.0175 e. The predicted octanol–water partition coefficient (Wildman–Crippen LogP) is 3.72. The second-order valence-electron chi connectivity index (χ2n) is 5.30. The average Bonchev–Trinajstić information content (AvgIpc) is 2.89. The Kier molecular flexibility index (Phi) is 3.41. The first-order valence-corrected chi connectivity index (χ1v) is 6.83. The van der Waals surface area contributed by atoms with E-state index in [1.54, 1.807) is 0 Å². The van der Waals surface area contributed by atoms with E-state index in [1.807, 2.05) is 0 Å². The Bertz CT molecular complexity index is 358. The van der Waals surface area contributed by atoms with Crippen molar-refractivity contribution in [1.29, 1.82) is 0 Å². The molecule has 16 heavy (non-hydrogen) atoms. The van der Waals surface area contributed by atoms with Crippen molar-refractivity contribution in [2.75, 3.05) is 6.54 Å². The summed E-state index contributed by atoms with van der Waals surface area (Å²) in [5.74, 6) is 0.805. The second kappa shape index (κ2) is 4.50. The van der Waals surface area contributed by atoms with Crippen molar-refractivity contribution in [1.82, 2.24) is 5.32 Å². The molecule has 2 heteroatoms. The maximum atomic E-state index is 3.58. The van der Waals surface area contributed by atoms with Crippen LogP contribution in [0.3, 0.4) is 0 Å². The van der Waals surface area contributed by atoms with E-state index in [9.17, 15) is 0 Å². The first kappa shape index (κ1) is 12.1. The Labute approximate surface area is 107 Å². The van der Waals surface area contributed by atoms with Crippen molar-refractivity contribution < 1.29 is 0 Å². The third-order valence-corrected chi connectivity index (χ3v) is 4.23. The van der Waals surface area contributed by atoms with Crippen LogP contribution in [0.15, 0.2) is 28.7 Å². The quantitative estimate of drug-likeness (QED) is 0.887. The summed E-state index contributed by atoms with van der Waals surface area (Å²) in [5, 5.41) is 3.58. The van der Waals surface area contributed by atoms with Crippen LogP contribution < -0.4 is 5.32 Å². The molecule has 1 N–H and O–H groups in total. The highest BCUT2D eigenvalue weighted by Crippen LogP contribution is 2.53. The van der Waals surface area contributed by atoms with Gasteiger partial charge < -0.3 is 5.32 Å². The summed E-state index contributed by atoms with van der Waals surface area (Å²) in [7, 11) is 0. The van der Waals surface area contributed by atoms with Crippen molar-refractivity contribution in [3.63, 3.8) is 0 Å². The highest BCUT2D eigenvalue weighted by molar-refractivity contribution is 9.10. The zero-order valence-corrected chi connectivity index (χ0v) is 11.8. The van der Waals surface area contributed by atoms with Crippen LogP contribution >= 0.6 is 15.9 Å². The first-order valence-electron chi connectivity index (χ1n) is 6.04. The summed E-state index contributed by atoms with van der Waals surface area (Å²) in [6, 6.07) is 9.39. The first-order chi connectivity index (χ1) is 7.54. The number of hydrogen-bond acceptors (Lipinski definition) is 1. The summed E-state index contributed by atoms with van der Waals surface area (Å²) in [5.41, 5.74) is 1.88. The Balaban J connectivity index is 2.13. The minimum Gasteiger partial charge on any atom is -0.314 e. The van der Waals surface area contributed by atoms with E-state index in [0.29, 0.717) is 11.5 Å². The van der Waals surface area contributed by atoms with Gasteiger partial charge in [-0.25, -0.2) is 0 Å². The lowest BCUT2D eigenvalue weighted by Crippen LogP contribution is -2.33. The zero-order valence-electron chi connectivity index (χ0n) is 10.3. The molecule has 0 aliphatic heterocycles. The molecule has 1 aromatic carbocycles. The molecule has 1 nitrogen and oxygen atoms in total. The topological polar surface area (TPSA) is 12.0 Å². The molecular weight excluding hydrogens is 262 g/mol. The second-order valence-corrected chi connectivity index (χ2v) is 6.22. The smallest absolute Gasteiger partial charge is 0.0175 e. The summed E-state index contributed by atoms with van der Waals surface area (Å²) < 4.78 is 1.16. The minimum atomic E-state index is 0.394. The summed E-state index contributed by atoms with van der Waals surface area (Å²) >= 11 is 3.49. The Morgan fingerprint density at radius 2 is 1.94 bits per heavy atom. The molecule has 0 spiro atoms. The van der Waals surface area contributed by atoms with Gasteiger partial charge in [0.25, 0.3) is 0 Å². The van der Waals surface area contributed by atoms with Gasteiger partial charge in [0.2, 0.25) is 0 Å². The van der Waals surface area contributed by atoms with Crippen LogP contribution in [-0.2, 0) is 5.41 Å². The monoisotopic (exact) mass is 281 g/mol. The van der Waals surface area contributed by atoms with Crippen molar-refractivity contribution in [3.8, 4) is 0 Å². The van der Waals surface area contributed by atoms with Crippen LogP contribution in [0.2, 0.25) is 0 Å². The number of halogens is 1. The van der Waals surface area contributed by atoms with Crippen LogP contribution in [0.5, 0.6) is 0 Å². The SMILES string of the molecule is CC(C)NCC1(c2ccc(Br)cc2)CC1C. The van der Waals surface area contributed by atoms with Gasteiger partial charge in [-0.05, 0) is 30.0 Å². The minimum absolute atomic E-state index is 0.394. The number of benzene rings is 1. The molecule has 2 atom stereocenters. The van der Waals surface area contributed by atoms with E-state index in [1.165, 1.54) is 12.0 Å². The van der Waals surface area contributed by atoms with Gasteiger partial charge in [0.15, 0.2) is 0 Å². The molecule has 0 amide bonds. The zero-order chi connectivity index (χ0) is 11.8. The van der Waals surface area contributed by atoms with Crippen molar-refractivity contribution in [2.24, 2.45) is 5.92 Å². The molecule has 0 heterocycles. The lowest BCUT2D eigenvalue weighted by molar-refractivity contribution is 0.499. The number of nitrogens with one attached hydrogen (secondary N) is 1.